The van der Waals surface area contributed by atoms with Crippen molar-refractivity contribution in [1.82, 2.24) is 10.6 Å². The molecule has 0 spiro atoms. The highest BCUT2D eigenvalue weighted by Gasteiger charge is 2.23. The molecule has 84 valence electrons. The van der Waals surface area contributed by atoms with Crippen LogP contribution in [0.1, 0.15) is 34.6 Å². The van der Waals surface area contributed by atoms with E-state index in [4.69, 9.17) is 5.11 Å². The summed E-state index contributed by atoms with van der Waals surface area (Å²) in [5.41, 5.74) is -0.603. The van der Waals surface area contributed by atoms with Gasteiger partial charge in [-0.15, -0.1) is 0 Å². The number of amides is 1. The molecule has 0 saturated carbocycles. The van der Waals surface area contributed by atoms with Gasteiger partial charge in [0.2, 0.25) is 5.91 Å². The average Bonchev–Trinajstić information content (AvgIpc) is 1.99. The molecule has 0 unspecified atom stereocenters. The molecule has 0 aliphatic carbocycles. The third-order valence-electron chi connectivity index (χ3n) is 1.92. The molecule has 0 fully saturated rings. The smallest absolute Gasteiger partial charge is 0.217 e. The van der Waals surface area contributed by atoms with Crippen molar-refractivity contribution in [2.24, 2.45) is 0 Å². The van der Waals surface area contributed by atoms with E-state index in [1.54, 1.807) is 0 Å². The van der Waals surface area contributed by atoms with Gasteiger partial charge in [-0.05, 0) is 27.7 Å². The van der Waals surface area contributed by atoms with Crippen LogP contribution in [0.2, 0.25) is 0 Å². The standard InChI is InChI=1S/C10H22N2O2/c1-8(14)12-9(2,3)6-11-10(4,5)7-13/h11,13H,6-7H2,1-5H3,(H,12,14). The van der Waals surface area contributed by atoms with E-state index < -0.39 is 0 Å². The van der Waals surface area contributed by atoms with E-state index in [0.717, 1.165) is 0 Å². The van der Waals surface area contributed by atoms with E-state index in [-0.39, 0.29) is 23.6 Å². The lowest BCUT2D eigenvalue weighted by Gasteiger charge is -2.32. The predicted octanol–water partition coefficient (Wildman–Crippen LogP) is 0.262. The first kappa shape index (κ1) is 13.4. The van der Waals surface area contributed by atoms with Crippen molar-refractivity contribution in [2.45, 2.75) is 45.7 Å². The van der Waals surface area contributed by atoms with Gasteiger partial charge in [0.15, 0.2) is 0 Å². The molecular weight excluding hydrogens is 180 g/mol. The molecule has 0 rings (SSSR count). The zero-order valence-electron chi connectivity index (χ0n) is 9.77. The second-order valence-corrected chi connectivity index (χ2v) is 4.96. The Bertz CT molecular complexity index is 200. The molecule has 0 aromatic heterocycles. The SMILES string of the molecule is CC(=O)NC(C)(C)CNC(C)(C)CO. The number of nitrogens with one attached hydrogen (secondary N) is 2. The van der Waals surface area contributed by atoms with Gasteiger partial charge in [0.25, 0.3) is 0 Å². The summed E-state index contributed by atoms with van der Waals surface area (Å²) in [7, 11) is 0. The van der Waals surface area contributed by atoms with E-state index >= 15 is 0 Å². The van der Waals surface area contributed by atoms with Crippen LogP contribution in [0, 0.1) is 0 Å². The molecule has 0 aliphatic heterocycles. The Kier molecular flexibility index (Phi) is 4.55. The molecular formula is C10H22N2O2. The minimum Gasteiger partial charge on any atom is -0.394 e. The summed E-state index contributed by atoms with van der Waals surface area (Å²) in [6, 6.07) is 0. The van der Waals surface area contributed by atoms with Gasteiger partial charge in [-0.3, -0.25) is 4.79 Å². The molecule has 4 heteroatoms. The fourth-order valence-corrected chi connectivity index (χ4v) is 1.04. The highest BCUT2D eigenvalue weighted by Crippen LogP contribution is 2.05. The molecule has 0 radical (unpaired) electrons. The van der Waals surface area contributed by atoms with Crippen molar-refractivity contribution in [3.05, 3.63) is 0 Å². The lowest BCUT2D eigenvalue weighted by molar-refractivity contribution is -0.120. The lowest BCUT2D eigenvalue weighted by atomic mass is 10.0. The van der Waals surface area contributed by atoms with Crippen LogP contribution in [0.15, 0.2) is 0 Å². The minimum absolute atomic E-state index is 0.0430. The topological polar surface area (TPSA) is 61.4 Å². The van der Waals surface area contributed by atoms with Crippen LogP contribution in [-0.4, -0.2) is 35.2 Å². The van der Waals surface area contributed by atoms with Crippen LogP contribution in [0.3, 0.4) is 0 Å². The molecule has 3 N–H and O–H groups in total. The predicted molar refractivity (Wildman–Crippen MR) is 57.1 cm³/mol. The van der Waals surface area contributed by atoms with Crippen molar-refractivity contribution in [1.29, 1.82) is 0 Å². The Morgan fingerprint density at radius 3 is 2.07 bits per heavy atom. The summed E-state index contributed by atoms with van der Waals surface area (Å²) in [6.07, 6.45) is 0. The normalized spacial score (nSPS) is 12.7. The van der Waals surface area contributed by atoms with Crippen LogP contribution in [0.4, 0.5) is 0 Å². The van der Waals surface area contributed by atoms with Gasteiger partial charge in [0.1, 0.15) is 0 Å². The van der Waals surface area contributed by atoms with Crippen molar-refractivity contribution >= 4 is 5.91 Å². The summed E-state index contributed by atoms with van der Waals surface area (Å²) in [5, 5.41) is 15.0. The fourth-order valence-electron chi connectivity index (χ4n) is 1.04. The molecule has 0 aliphatic rings. The summed E-state index contributed by atoms with van der Waals surface area (Å²) in [5.74, 6) is -0.0430. The number of hydrogen-bond acceptors (Lipinski definition) is 3. The molecule has 14 heavy (non-hydrogen) atoms. The van der Waals surface area contributed by atoms with Crippen molar-refractivity contribution < 1.29 is 9.90 Å². The third-order valence-corrected chi connectivity index (χ3v) is 1.92. The Morgan fingerprint density at radius 1 is 1.21 bits per heavy atom. The Labute approximate surface area is 86.1 Å². The monoisotopic (exact) mass is 202 g/mol. The van der Waals surface area contributed by atoms with Gasteiger partial charge in [-0.25, -0.2) is 0 Å². The zero-order valence-corrected chi connectivity index (χ0v) is 9.77. The fraction of sp³-hybridized carbons (Fsp3) is 0.900. The van der Waals surface area contributed by atoms with Crippen LogP contribution in [0.5, 0.6) is 0 Å². The first-order chi connectivity index (χ1) is 6.18. The molecule has 0 aromatic rings. The van der Waals surface area contributed by atoms with Crippen LogP contribution >= 0.6 is 0 Å². The number of aliphatic hydroxyl groups is 1. The lowest BCUT2D eigenvalue weighted by Crippen LogP contribution is -2.55. The van der Waals surface area contributed by atoms with Gasteiger partial charge in [0.05, 0.1) is 6.61 Å². The van der Waals surface area contributed by atoms with Gasteiger partial charge in [0, 0.05) is 24.5 Å². The van der Waals surface area contributed by atoms with Gasteiger partial charge in [-0.2, -0.15) is 0 Å². The second-order valence-electron chi connectivity index (χ2n) is 4.96. The van der Waals surface area contributed by atoms with Gasteiger partial charge in [-0.1, -0.05) is 0 Å². The van der Waals surface area contributed by atoms with Gasteiger partial charge >= 0.3 is 0 Å². The molecule has 4 nitrogen and oxygen atoms in total. The van der Waals surface area contributed by atoms with Crippen LogP contribution in [0.25, 0.3) is 0 Å². The highest BCUT2D eigenvalue weighted by atomic mass is 16.3. The minimum atomic E-state index is -0.310. The van der Waals surface area contributed by atoms with E-state index in [1.807, 2.05) is 27.7 Å². The van der Waals surface area contributed by atoms with Crippen LogP contribution < -0.4 is 10.6 Å². The van der Waals surface area contributed by atoms with E-state index in [0.29, 0.717) is 6.54 Å². The summed E-state index contributed by atoms with van der Waals surface area (Å²) in [6.45, 7) is 9.90. The molecule has 0 bridgehead atoms. The third kappa shape index (κ3) is 5.94. The average molecular weight is 202 g/mol. The Balaban J connectivity index is 4.04. The highest BCUT2D eigenvalue weighted by molar-refractivity contribution is 5.73. The second kappa shape index (κ2) is 4.75. The number of hydrogen-bond donors (Lipinski definition) is 3. The summed E-state index contributed by atoms with van der Waals surface area (Å²) >= 11 is 0. The summed E-state index contributed by atoms with van der Waals surface area (Å²) in [4.78, 5) is 10.9. The maximum atomic E-state index is 10.9. The molecule has 0 atom stereocenters. The van der Waals surface area contributed by atoms with E-state index in [1.165, 1.54) is 6.92 Å². The van der Waals surface area contributed by atoms with Gasteiger partial charge < -0.3 is 15.7 Å². The maximum absolute atomic E-state index is 10.9. The first-order valence-electron chi connectivity index (χ1n) is 4.83. The van der Waals surface area contributed by atoms with Crippen LogP contribution in [-0.2, 0) is 4.79 Å². The van der Waals surface area contributed by atoms with Crippen molar-refractivity contribution in [2.75, 3.05) is 13.2 Å². The van der Waals surface area contributed by atoms with E-state index in [2.05, 4.69) is 10.6 Å². The molecule has 0 heterocycles. The largest absolute Gasteiger partial charge is 0.394 e. The Hall–Kier alpha value is -0.610. The van der Waals surface area contributed by atoms with E-state index in [9.17, 15) is 4.79 Å². The van der Waals surface area contributed by atoms with Crippen molar-refractivity contribution in [3.63, 3.8) is 0 Å². The van der Waals surface area contributed by atoms with Crippen molar-refractivity contribution in [3.8, 4) is 0 Å². The molecule has 1 amide bonds. The molecule has 0 aromatic carbocycles. The zero-order chi connectivity index (χ0) is 11.4. The number of aliphatic hydroxyl groups excluding tert-OH is 1. The number of carbonyl (C=O) groups is 1. The maximum Gasteiger partial charge on any atom is 0.217 e. The Morgan fingerprint density at radius 2 is 1.71 bits per heavy atom. The number of carbonyl (C=O) groups excluding carboxylic acids is 1. The first-order valence-corrected chi connectivity index (χ1v) is 4.83. The summed E-state index contributed by atoms with van der Waals surface area (Å²) < 4.78 is 0. The number of rotatable bonds is 5. The quantitative estimate of drug-likeness (QED) is 0.599. The molecule has 0 saturated heterocycles.